The minimum Gasteiger partial charge on any atom is -0.373 e. The van der Waals surface area contributed by atoms with Gasteiger partial charge in [0.1, 0.15) is 0 Å². The molecule has 0 saturated carbocycles. The van der Waals surface area contributed by atoms with Gasteiger partial charge in [-0.15, -0.1) is 11.8 Å². The Kier molecular flexibility index (Phi) is 4.42. The highest BCUT2D eigenvalue weighted by Crippen LogP contribution is 2.46. The fourth-order valence-electron chi connectivity index (χ4n) is 4.10. The quantitative estimate of drug-likeness (QED) is 0.814. The molecule has 5 nitrogen and oxygen atoms in total. The van der Waals surface area contributed by atoms with Crippen LogP contribution in [-0.4, -0.2) is 45.5 Å². The van der Waals surface area contributed by atoms with Crippen molar-refractivity contribution in [3.8, 4) is 0 Å². The summed E-state index contributed by atoms with van der Waals surface area (Å²) in [5, 5.41) is 0. The number of ether oxygens (including phenoxy) is 2. The van der Waals surface area contributed by atoms with E-state index in [-0.39, 0.29) is 16.8 Å². The van der Waals surface area contributed by atoms with Gasteiger partial charge < -0.3 is 14.4 Å². The van der Waals surface area contributed by atoms with Crippen LogP contribution in [0.25, 0.3) is 0 Å². The van der Waals surface area contributed by atoms with Crippen molar-refractivity contribution >= 4 is 17.7 Å². The van der Waals surface area contributed by atoms with E-state index in [0.29, 0.717) is 19.8 Å². The molecule has 4 heterocycles. The standard InChI is InChI=1S/C21H22N2O3S/c24-20(16-1-2-17-10-25-11-18(17)7-16)23-13-21(14-23)8-19(12-27-21)26-9-15-3-5-22-6-4-15/h1-7,19H,8-14H2/t19-/m1/s1. The predicted octanol–water partition coefficient (Wildman–Crippen LogP) is 3.03. The average molecular weight is 382 g/mol. The van der Waals surface area contributed by atoms with Crippen LogP contribution in [0.4, 0.5) is 0 Å². The number of amides is 1. The van der Waals surface area contributed by atoms with Crippen LogP contribution >= 0.6 is 11.8 Å². The molecule has 0 aliphatic carbocycles. The zero-order valence-corrected chi connectivity index (χ0v) is 15.9. The maximum atomic E-state index is 12.8. The Morgan fingerprint density at radius 2 is 2.04 bits per heavy atom. The summed E-state index contributed by atoms with van der Waals surface area (Å²) in [6, 6.07) is 9.94. The zero-order valence-electron chi connectivity index (χ0n) is 15.1. The molecular weight excluding hydrogens is 360 g/mol. The van der Waals surface area contributed by atoms with E-state index in [0.717, 1.165) is 42.0 Å². The smallest absolute Gasteiger partial charge is 0.253 e. The van der Waals surface area contributed by atoms with Crippen molar-refractivity contribution in [1.29, 1.82) is 0 Å². The maximum absolute atomic E-state index is 12.8. The second kappa shape index (κ2) is 6.93. The predicted molar refractivity (Wildman–Crippen MR) is 103 cm³/mol. The number of rotatable bonds is 4. The van der Waals surface area contributed by atoms with Gasteiger partial charge in [-0.1, -0.05) is 6.07 Å². The Labute approximate surface area is 163 Å². The van der Waals surface area contributed by atoms with Gasteiger partial charge in [0.05, 0.1) is 30.7 Å². The summed E-state index contributed by atoms with van der Waals surface area (Å²) < 4.78 is 11.7. The highest BCUT2D eigenvalue weighted by atomic mass is 32.2. The zero-order chi connectivity index (χ0) is 18.3. The van der Waals surface area contributed by atoms with E-state index in [2.05, 4.69) is 4.98 Å². The lowest BCUT2D eigenvalue weighted by atomic mass is 9.92. The highest BCUT2D eigenvalue weighted by molar-refractivity contribution is 8.01. The normalized spacial score (nSPS) is 22.7. The molecule has 3 aliphatic rings. The first-order chi connectivity index (χ1) is 13.2. The molecule has 0 N–H and O–H groups in total. The largest absolute Gasteiger partial charge is 0.373 e. The Bertz CT molecular complexity index is 852. The first kappa shape index (κ1) is 17.2. The number of hydrogen-bond acceptors (Lipinski definition) is 5. The van der Waals surface area contributed by atoms with Gasteiger partial charge in [0.15, 0.2) is 0 Å². The first-order valence-corrected chi connectivity index (χ1v) is 10.3. The lowest BCUT2D eigenvalue weighted by Crippen LogP contribution is -2.60. The van der Waals surface area contributed by atoms with Crippen LogP contribution in [0.1, 0.15) is 33.5 Å². The van der Waals surface area contributed by atoms with Gasteiger partial charge in [0, 0.05) is 36.8 Å². The number of fused-ring (bicyclic) bond motifs is 1. The van der Waals surface area contributed by atoms with E-state index >= 15 is 0 Å². The molecule has 6 heteroatoms. The molecule has 2 fully saturated rings. The third kappa shape index (κ3) is 3.37. The molecule has 3 aliphatic heterocycles. The van der Waals surface area contributed by atoms with Crippen LogP contribution in [0.3, 0.4) is 0 Å². The third-order valence-corrected chi connectivity index (χ3v) is 7.20. The van der Waals surface area contributed by atoms with Crippen LogP contribution < -0.4 is 0 Å². The first-order valence-electron chi connectivity index (χ1n) is 9.34. The summed E-state index contributed by atoms with van der Waals surface area (Å²) in [6.45, 7) is 3.54. The molecule has 0 radical (unpaired) electrons. The summed E-state index contributed by atoms with van der Waals surface area (Å²) in [4.78, 5) is 18.8. The Balaban J connectivity index is 1.15. The molecule has 0 bridgehead atoms. The Morgan fingerprint density at radius 3 is 2.89 bits per heavy atom. The topological polar surface area (TPSA) is 51.7 Å². The second-order valence-electron chi connectivity index (χ2n) is 7.62. The molecule has 1 amide bonds. The van der Waals surface area contributed by atoms with Crippen molar-refractivity contribution in [2.24, 2.45) is 0 Å². The van der Waals surface area contributed by atoms with E-state index in [1.807, 2.05) is 47.0 Å². The van der Waals surface area contributed by atoms with Crippen molar-refractivity contribution in [1.82, 2.24) is 9.88 Å². The van der Waals surface area contributed by atoms with Crippen LogP contribution in [0.5, 0.6) is 0 Å². The highest BCUT2D eigenvalue weighted by Gasteiger charge is 2.51. The minimum absolute atomic E-state index is 0.136. The molecule has 0 unspecified atom stereocenters. The van der Waals surface area contributed by atoms with Gasteiger partial charge >= 0.3 is 0 Å². The van der Waals surface area contributed by atoms with E-state index in [4.69, 9.17) is 9.47 Å². The summed E-state index contributed by atoms with van der Waals surface area (Å²) >= 11 is 1.96. The fourth-order valence-corrected chi connectivity index (χ4v) is 5.66. The fraction of sp³-hybridized carbons (Fsp3) is 0.429. The van der Waals surface area contributed by atoms with Crippen LogP contribution in [-0.2, 0) is 29.3 Å². The van der Waals surface area contributed by atoms with E-state index in [9.17, 15) is 4.79 Å². The molecule has 1 aromatic heterocycles. The molecule has 27 heavy (non-hydrogen) atoms. The molecule has 2 aromatic rings. The van der Waals surface area contributed by atoms with E-state index in [1.54, 1.807) is 12.4 Å². The van der Waals surface area contributed by atoms with Crippen molar-refractivity contribution in [3.05, 3.63) is 65.0 Å². The lowest BCUT2D eigenvalue weighted by Gasteiger charge is -2.47. The van der Waals surface area contributed by atoms with Gasteiger partial charge in [-0.05, 0) is 47.4 Å². The van der Waals surface area contributed by atoms with Crippen molar-refractivity contribution < 1.29 is 14.3 Å². The second-order valence-corrected chi connectivity index (χ2v) is 9.11. The average Bonchev–Trinajstić information content (AvgIpc) is 3.32. The molecule has 1 aromatic carbocycles. The van der Waals surface area contributed by atoms with Gasteiger partial charge in [0.25, 0.3) is 5.91 Å². The van der Waals surface area contributed by atoms with Gasteiger partial charge in [-0.25, -0.2) is 0 Å². The third-order valence-electron chi connectivity index (χ3n) is 5.62. The van der Waals surface area contributed by atoms with E-state index < -0.39 is 0 Å². The summed E-state index contributed by atoms with van der Waals surface area (Å²) in [6.07, 6.45) is 4.87. The number of benzene rings is 1. The number of hydrogen-bond donors (Lipinski definition) is 0. The number of carbonyl (C=O) groups excluding carboxylic acids is 1. The Morgan fingerprint density at radius 1 is 1.22 bits per heavy atom. The van der Waals surface area contributed by atoms with Crippen molar-refractivity contribution in [2.75, 3.05) is 18.8 Å². The molecule has 140 valence electrons. The number of pyridine rings is 1. The molecule has 5 rings (SSSR count). The van der Waals surface area contributed by atoms with Crippen LogP contribution in [0.2, 0.25) is 0 Å². The maximum Gasteiger partial charge on any atom is 0.253 e. The summed E-state index contributed by atoms with van der Waals surface area (Å²) in [5.41, 5.74) is 4.28. The number of nitrogens with zero attached hydrogens (tertiary/aromatic N) is 2. The van der Waals surface area contributed by atoms with E-state index in [1.165, 1.54) is 5.56 Å². The monoisotopic (exact) mass is 382 g/mol. The molecule has 1 spiro atoms. The van der Waals surface area contributed by atoms with Gasteiger partial charge in [-0.2, -0.15) is 0 Å². The molecule has 2 saturated heterocycles. The SMILES string of the molecule is O=C(c1ccc2c(c1)COC2)N1CC2(C[C@@H](OCc3ccncc3)CS2)C1. The summed E-state index contributed by atoms with van der Waals surface area (Å²) in [7, 11) is 0. The lowest BCUT2D eigenvalue weighted by molar-refractivity contribution is 0.0255. The van der Waals surface area contributed by atoms with Crippen LogP contribution in [0, 0.1) is 0 Å². The molecular formula is C21H22N2O3S. The summed E-state index contributed by atoms with van der Waals surface area (Å²) in [5.74, 6) is 1.14. The van der Waals surface area contributed by atoms with Crippen molar-refractivity contribution in [3.63, 3.8) is 0 Å². The van der Waals surface area contributed by atoms with Gasteiger partial charge in [-0.3, -0.25) is 9.78 Å². The molecule has 1 atom stereocenters. The number of likely N-dealkylation sites (tertiary alicyclic amines) is 1. The number of thioether (sulfide) groups is 1. The number of aromatic nitrogens is 1. The van der Waals surface area contributed by atoms with Gasteiger partial charge in [0.2, 0.25) is 0 Å². The number of carbonyl (C=O) groups is 1. The van der Waals surface area contributed by atoms with Crippen molar-refractivity contribution in [2.45, 2.75) is 37.1 Å². The Hall–Kier alpha value is -1.89. The minimum atomic E-state index is 0.136. The van der Waals surface area contributed by atoms with Crippen LogP contribution in [0.15, 0.2) is 42.7 Å².